The van der Waals surface area contributed by atoms with Crippen LogP contribution in [0, 0.1) is 5.82 Å². The maximum atomic E-state index is 13.2. The van der Waals surface area contributed by atoms with Gasteiger partial charge in [-0.2, -0.15) is 0 Å². The van der Waals surface area contributed by atoms with E-state index in [1.165, 1.54) is 19.2 Å². The third-order valence-corrected chi connectivity index (χ3v) is 3.15. The Hall–Kier alpha value is -0.420. The summed E-state index contributed by atoms with van der Waals surface area (Å²) in [5, 5.41) is 0.980. The Labute approximate surface area is 104 Å². The number of benzene rings is 1. The molecule has 0 aliphatic carbocycles. The Morgan fingerprint density at radius 3 is 2.53 bits per heavy atom. The van der Waals surface area contributed by atoms with Crippen molar-refractivity contribution in [3.63, 3.8) is 0 Å². The summed E-state index contributed by atoms with van der Waals surface area (Å²) in [6, 6.07) is 2.59. The Bertz CT molecular complexity index is 380. The molecule has 82 valence electrons. The van der Waals surface area contributed by atoms with Crippen LogP contribution < -0.4 is 0 Å². The molecule has 0 N–H and O–H groups in total. The van der Waals surface area contributed by atoms with E-state index in [0.717, 1.165) is 11.1 Å². The van der Waals surface area contributed by atoms with Gasteiger partial charge in [-0.05, 0) is 23.3 Å². The summed E-state index contributed by atoms with van der Waals surface area (Å²) in [4.78, 5) is 11.4. The molecule has 0 aliphatic rings. The maximum absolute atomic E-state index is 13.2. The van der Waals surface area contributed by atoms with Gasteiger partial charge in [0.15, 0.2) is 0 Å². The van der Waals surface area contributed by atoms with Crippen molar-refractivity contribution in [2.24, 2.45) is 0 Å². The van der Waals surface area contributed by atoms with Gasteiger partial charge in [0.25, 0.3) is 0 Å². The van der Waals surface area contributed by atoms with Crippen LogP contribution >= 0.6 is 31.9 Å². The van der Waals surface area contributed by atoms with Crippen LogP contribution in [0.1, 0.15) is 21.5 Å². The van der Waals surface area contributed by atoms with Crippen molar-refractivity contribution in [1.29, 1.82) is 0 Å². The van der Waals surface area contributed by atoms with Crippen molar-refractivity contribution < 1.29 is 13.9 Å². The lowest BCUT2D eigenvalue weighted by atomic mass is 10.0. The third kappa shape index (κ3) is 2.78. The van der Waals surface area contributed by atoms with E-state index in [1.54, 1.807) is 0 Å². The van der Waals surface area contributed by atoms with Gasteiger partial charge < -0.3 is 4.74 Å². The first kappa shape index (κ1) is 12.6. The molecule has 0 amide bonds. The summed E-state index contributed by atoms with van der Waals surface area (Å²) in [7, 11) is 1.28. The van der Waals surface area contributed by atoms with Crippen LogP contribution in [0.3, 0.4) is 0 Å². The largest absolute Gasteiger partial charge is 0.465 e. The van der Waals surface area contributed by atoms with Crippen molar-refractivity contribution in [3.05, 3.63) is 34.6 Å². The number of rotatable bonds is 3. The molecule has 15 heavy (non-hydrogen) atoms. The molecule has 0 atom stereocenters. The Balaban J connectivity index is 3.35. The van der Waals surface area contributed by atoms with Gasteiger partial charge >= 0.3 is 5.97 Å². The molecular weight excluding hydrogens is 331 g/mol. The normalized spacial score (nSPS) is 10.1. The fourth-order valence-electron chi connectivity index (χ4n) is 1.26. The fraction of sp³-hybridized carbons (Fsp3) is 0.300. The third-order valence-electron chi connectivity index (χ3n) is 1.99. The number of halogens is 3. The molecule has 1 rings (SSSR count). The molecule has 0 unspecified atom stereocenters. The molecule has 0 aliphatic heterocycles. The summed E-state index contributed by atoms with van der Waals surface area (Å²) >= 11 is 6.52. The van der Waals surface area contributed by atoms with E-state index in [-0.39, 0.29) is 5.56 Å². The Kier molecular flexibility index (Phi) is 4.73. The lowest BCUT2D eigenvalue weighted by molar-refractivity contribution is 0.0599. The molecule has 2 nitrogen and oxygen atoms in total. The van der Waals surface area contributed by atoms with Gasteiger partial charge in [0.1, 0.15) is 5.82 Å². The lowest BCUT2D eigenvalue weighted by Gasteiger charge is -2.10. The van der Waals surface area contributed by atoms with E-state index >= 15 is 0 Å². The van der Waals surface area contributed by atoms with Gasteiger partial charge in [0.05, 0.1) is 12.7 Å². The van der Waals surface area contributed by atoms with E-state index in [4.69, 9.17) is 0 Å². The average Bonchev–Trinajstić information content (AvgIpc) is 2.26. The highest BCUT2D eigenvalue weighted by atomic mass is 79.9. The second-order valence-electron chi connectivity index (χ2n) is 2.85. The highest BCUT2D eigenvalue weighted by Crippen LogP contribution is 2.23. The minimum absolute atomic E-state index is 0.267. The van der Waals surface area contributed by atoms with Crippen LogP contribution in [-0.4, -0.2) is 13.1 Å². The monoisotopic (exact) mass is 338 g/mol. The van der Waals surface area contributed by atoms with E-state index < -0.39 is 11.8 Å². The average molecular weight is 340 g/mol. The second kappa shape index (κ2) is 5.61. The van der Waals surface area contributed by atoms with Crippen LogP contribution in [0.5, 0.6) is 0 Å². The number of hydrogen-bond acceptors (Lipinski definition) is 2. The lowest BCUT2D eigenvalue weighted by Crippen LogP contribution is -2.07. The molecule has 0 saturated heterocycles. The molecule has 0 fully saturated rings. The summed E-state index contributed by atoms with van der Waals surface area (Å²) < 4.78 is 17.8. The predicted molar refractivity (Wildman–Crippen MR) is 63.0 cm³/mol. The fourth-order valence-corrected chi connectivity index (χ4v) is 2.42. The van der Waals surface area contributed by atoms with Gasteiger partial charge in [-0.25, -0.2) is 9.18 Å². The Morgan fingerprint density at radius 1 is 1.40 bits per heavy atom. The molecule has 0 heterocycles. The minimum atomic E-state index is -0.522. The molecule has 5 heteroatoms. The summed E-state index contributed by atoms with van der Waals surface area (Å²) in [6.45, 7) is 0. The number of esters is 1. The highest BCUT2D eigenvalue weighted by molar-refractivity contribution is 9.09. The standard InChI is InChI=1S/C10H9Br2FO2/c1-15-10(14)8-3-7(13)2-6(4-11)9(8)5-12/h2-3H,4-5H2,1H3. The van der Waals surface area contributed by atoms with Crippen LogP contribution in [0.2, 0.25) is 0 Å². The van der Waals surface area contributed by atoms with E-state index in [9.17, 15) is 9.18 Å². The van der Waals surface area contributed by atoms with Crippen molar-refractivity contribution in [2.75, 3.05) is 7.11 Å². The van der Waals surface area contributed by atoms with Crippen molar-refractivity contribution in [3.8, 4) is 0 Å². The van der Waals surface area contributed by atoms with Crippen molar-refractivity contribution >= 4 is 37.8 Å². The van der Waals surface area contributed by atoms with Crippen LogP contribution in [0.25, 0.3) is 0 Å². The SMILES string of the molecule is COC(=O)c1cc(F)cc(CBr)c1CBr. The molecule has 1 aromatic rings. The van der Waals surface area contributed by atoms with Gasteiger partial charge in [-0.1, -0.05) is 31.9 Å². The van der Waals surface area contributed by atoms with Gasteiger partial charge in [0, 0.05) is 10.7 Å². The number of ether oxygens (including phenoxy) is 1. The van der Waals surface area contributed by atoms with Crippen LogP contribution in [-0.2, 0) is 15.4 Å². The molecule has 0 spiro atoms. The predicted octanol–water partition coefficient (Wildman–Crippen LogP) is 3.40. The Morgan fingerprint density at radius 2 is 2.07 bits per heavy atom. The van der Waals surface area contributed by atoms with Gasteiger partial charge in [-0.3, -0.25) is 0 Å². The van der Waals surface area contributed by atoms with Gasteiger partial charge in [0.2, 0.25) is 0 Å². The summed E-state index contributed by atoms with van der Waals surface area (Å²) in [5.41, 5.74) is 1.76. The molecule has 0 radical (unpaired) electrons. The minimum Gasteiger partial charge on any atom is -0.465 e. The zero-order valence-electron chi connectivity index (χ0n) is 8.02. The molecular formula is C10H9Br2FO2. The first-order chi connectivity index (χ1) is 7.13. The first-order valence-corrected chi connectivity index (χ1v) is 6.39. The molecule has 0 saturated carbocycles. The maximum Gasteiger partial charge on any atom is 0.338 e. The smallest absolute Gasteiger partial charge is 0.338 e. The second-order valence-corrected chi connectivity index (χ2v) is 3.97. The quantitative estimate of drug-likeness (QED) is 0.623. The summed E-state index contributed by atoms with van der Waals surface area (Å²) in [6.07, 6.45) is 0. The van der Waals surface area contributed by atoms with Crippen LogP contribution in [0.15, 0.2) is 12.1 Å². The molecule has 0 aromatic heterocycles. The number of methoxy groups -OCH3 is 1. The van der Waals surface area contributed by atoms with E-state index in [0.29, 0.717) is 10.7 Å². The molecule has 0 bridgehead atoms. The van der Waals surface area contributed by atoms with Crippen molar-refractivity contribution in [1.82, 2.24) is 0 Å². The van der Waals surface area contributed by atoms with E-state index in [1.807, 2.05) is 0 Å². The number of carbonyl (C=O) groups is 1. The zero-order valence-corrected chi connectivity index (χ0v) is 11.2. The first-order valence-electron chi connectivity index (χ1n) is 4.15. The number of hydrogen-bond donors (Lipinski definition) is 0. The highest BCUT2D eigenvalue weighted by Gasteiger charge is 2.16. The zero-order chi connectivity index (χ0) is 11.4. The molecule has 1 aromatic carbocycles. The van der Waals surface area contributed by atoms with Gasteiger partial charge in [-0.15, -0.1) is 0 Å². The number of carbonyl (C=O) groups excluding carboxylic acids is 1. The van der Waals surface area contributed by atoms with Crippen LogP contribution in [0.4, 0.5) is 4.39 Å². The van der Waals surface area contributed by atoms with Crippen molar-refractivity contribution in [2.45, 2.75) is 10.7 Å². The van der Waals surface area contributed by atoms with E-state index in [2.05, 4.69) is 36.6 Å². The summed E-state index contributed by atoms with van der Waals surface area (Å²) in [5.74, 6) is -0.958. The topological polar surface area (TPSA) is 26.3 Å². The number of alkyl halides is 2.